The van der Waals surface area contributed by atoms with E-state index in [1.165, 1.54) is 6.26 Å². The average molecular weight is 342 g/mol. The normalized spacial score (nSPS) is 15.0. The second-order valence-electron chi connectivity index (χ2n) is 5.75. The van der Waals surface area contributed by atoms with Crippen molar-refractivity contribution in [2.75, 3.05) is 31.1 Å². The second kappa shape index (κ2) is 6.17. The number of carbonyl (C=O) groups excluding carboxylic acids is 1. The maximum Gasteiger partial charge on any atom is 0.289 e. The van der Waals surface area contributed by atoms with Crippen molar-refractivity contribution < 1.29 is 9.21 Å². The molecule has 1 amide bonds. The number of fused-ring (bicyclic) bond motifs is 1. The predicted molar refractivity (Wildman–Crippen MR) is 93.6 cm³/mol. The molecule has 3 heterocycles. The molecule has 4 rings (SSSR count). The molecule has 1 aromatic carbocycles. The third-order valence-corrected chi connectivity index (χ3v) is 4.59. The Balaban J connectivity index is 1.51. The van der Waals surface area contributed by atoms with Crippen LogP contribution in [0.15, 0.2) is 53.1 Å². The number of furan rings is 1. The SMILES string of the molecule is O=C(c1ccco1)N1CCN(c2cc3ccccc3c(Cl)n2)CC1. The molecule has 1 saturated heterocycles. The third kappa shape index (κ3) is 2.71. The Morgan fingerprint density at radius 1 is 1.08 bits per heavy atom. The average Bonchev–Trinajstić information content (AvgIpc) is 3.16. The summed E-state index contributed by atoms with van der Waals surface area (Å²) in [4.78, 5) is 20.8. The van der Waals surface area contributed by atoms with Crippen LogP contribution in [0, 0.1) is 0 Å². The summed E-state index contributed by atoms with van der Waals surface area (Å²) in [7, 11) is 0. The molecule has 3 aromatic rings. The lowest BCUT2D eigenvalue weighted by Gasteiger charge is -2.35. The van der Waals surface area contributed by atoms with Crippen LogP contribution in [-0.2, 0) is 0 Å². The number of anilines is 1. The Labute approximate surface area is 144 Å². The van der Waals surface area contributed by atoms with Crippen LogP contribution < -0.4 is 4.90 Å². The van der Waals surface area contributed by atoms with E-state index in [1.54, 1.807) is 17.0 Å². The molecule has 0 N–H and O–H groups in total. The Morgan fingerprint density at radius 3 is 2.62 bits per heavy atom. The van der Waals surface area contributed by atoms with E-state index < -0.39 is 0 Å². The van der Waals surface area contributed by atoms with E-state index in [-0.39, 0.29) is 5.91 Å². The molecular formula is C18H16ClN3O2. The first-order valence-electron chi connectivity index (χ1n) is 7.85. The third-order valence-electron chi connectivity index (χ3n) is 4.30. The minimum absolute atomic E-state index is 0.0656. The number of rotatable bonds is 2. The topological polar surface area (TPSA) is 49.6 Å². The van der Waals surface area contributed by atoms with E-state index in [0.29, 0.717) is 37.1 Å². The van der Waals surface area contributed by atoms with Gasteiger partial charge in [-0.1, -0.05) is 35.9 Å². The summed E-state index contributed by atoms with van der Waals surface area (Å²) in [6.07, 6.45) is 1.52. The highest BCUT2D eigenvalue weighted by Crippen LogP contribution is 2.27. The van der Waals surface area contributed by atoms with Gasteiger partial charge in [-0.25, -0.2) is 4.98 Å². The van der Waals surface area contributed by atoms with Crippen LogP contribution in [0.1, 0.15) is 10.6 Å². The number of halogens is 1. The molecule has 6 heteroatoms. The Bertz CT molecular complexity index is 871. The molecule has 0 saturated carbocycles. The van der Waals surface area contributed by atoms with Crippen molar-refractivity contribution >= 4 is 34.1 Å². The summed E-state index contributed by atoms with van der Waals surface area (Å²) in [6.45, 7) is 2.69. The zero-order valence-electron chi connectivity index (χ0n) is 13.0. The van der Waals surface area contributed by atoms with Gasteiger partial charge < -0.3 is 14.2 Å². The molecule has 0 atom stereocenters. The number of hydrogen-bond donors (Lipinski definition) is 0. The molecule has 2 aromatic heterocycles. The van der Waals surface area contributed by atoms with Crippen molar-refractivity contribution in [3.63, 3.8) is 0 Å². The predicted octanol–water partition coefficient (Wildman–Crippen LogP) is 3.44. The highest BCUT2D eigenvalue weighted by atomic mass is 35.5. The van der Waals surface area contributed by atoms with Gasteiger partial charge >= 0.3 is 0 Å². The molecule has 1 aliphatic rings. The van der Waals surface area contributed by atoms with Crippen LogP contribution >= 0.6 is 11.6 Å². The quantitative estimate of drug-likeness (QED) is 0.670. The highest BCUT2D eigenvalue weighted by Gasteiger charge is 2.24. The Kier molecular flexibility index (Phi) is 3.86. The number of hydrogen-bond acceptors (Lipinski definition) is 4. The monoisotopic (exact) mass is 341 g/mol. The maximum atomic E-state index is 12.3. The van der Waals surface area contributed by atoms with Gasteiger partial charge in [0.25, 0.3) is 5.91 Å². The highest BCUT2D eigenvalue weighted by molar-refractivity contribution is 6.34. The fraction of sp³-hybridized carbons (Fsp3) is 0.222. The van der Waals surface area contributed by atoms with Gasteiger partial charge in [0, 0.05) is 31.6 Å². The second-order valence-corrected chi connectivity index (χ2v) is 6.11. The summed E-state index contributed by atoms with van der Waals surface area (Å²) < 4.78 is 5.19. The number of benzene rings is 1. The van der Waals surface area contributed by atoms with E-state index in [4.69, 9.17) is 16.0 Å². The summed E-state index contributed by atoms with van der Waals surface area (Å²) in [5.41, 5.74) is 0. The fourth-order valence-corrected chi connectivity index (χ4v) is 3.26. The Hall–Kier alpha value is -2.53. The van der Waals surface area contributed by atoms with Gasteiger partial charge in [-0.05, 0) is 23.6 Å². The zero-order chi connectivity index (χ0) is 16.5. The first-order valence-corrected chi connectivity index (χ1v) is 8.23. The molecule has 0 unspecified atom stereocenters. The number of nitrogens with zero attached hydrogens (tertiary/aromatic N) is 3. The van der Waals surface area contributed by atoms with Crippen LogP contribution in [0.3, 0.4) is 0 Å². The number of amides is 1. The lowest BCUT2D eigenvalue weighted by Crippen LogP contribution is -2.49. The van der Waals surface area contributed by atoms with Gasteiger partial charge in [-0.3, -0.25) is 4.79 Å². The summed E-state index contributed by atoms with van der Waals surface area (Å²) in [5.74, 6) is 1.17. The summed E-state index contributed by atoms with van der Waals surface area (Å²) in [6, 6.07) is 13.4. The van der Waals surface area contributed by atoms with E-state index in [0.717, 1.165) is 16.6 Å². The van der Waals surface area contributed by atoms with Crippen LogP contribution in [-0.4, -0.2) is 42.0 Å². The van der Waals surface area contributed by atoms with Gasteiger partial charge in [0.05, 0.1) is 6.26 Å². The number of pyridine rings is 1. The molecule has 0 bridgehead atoms. The molecule has 0 spiro atoms. The summed E-state index contributed by atoms with van der Waals surface area (Å²) in [5, 5.41) is 2.54. The standard InChI is InChI=1S/C18H16ClN3O2/c19-17-14-5-2-1-4-13(14)12-16(20-17)21-7-9-22(10-8-21)18(23)15-6-3-11-24-15/h1-6,11-12H,7-10H2. The molecule has 5 nitrogen and oxygen atoms in total. The van der Waals surface area contributed by atoms with Gasteiger partial charge in [-0.15, -0.1) is 0 Å². The van der Waals surface area contributed by atoms with Crippen molar-refractivity contribution in [3.05, 3.63) is 59.6 Å². The van der Waals surface area contributed by atoms with Gasteiger partial charge in [0.15, 0.2) is 5.76 Å². The smallest absolute Gasteiger partial charge is 0.289 e. The molecule has 1 aliphatic heterocycles. The fourth-order valence-electron chi connectivity index (χ4n) is 3.00. The minimum Gasteiger partial charge on any atom is -0.459 e. The molecule has 24 heavy (non-hydrogen) atoms. The largest absolute Gasteiger partial charge is 0.459 e. The van der Waals surface area contributed by atoms with Crippen molar-refractivity contribution in [3.8, 4) is 0 Å². The van der Waals surface area contributed by atoms with Crippen molar-refractivity contribution in [1.29, 1.82) is 0 Å². The number of aromatic nitrogens is 1. The van der Waals surface area contributed by atoms with Crippen LogP contribution in [0.25, 0.3) is 10.8 Å². The molecular weight excluding hydrogens is 326 g/mol. The lowest BCUT2D eigenvalue weighted by molar-refractivity contribution is 0.0714. The van der Waals surface area contributed by atoms with Gasteiger partial charge in [-0.2, -0.15) is 0 Å². The Morgan fingerprint density at radius 2 is 1.88 bits per heavy atom. The van der Waals surface area contributed by atoms with Crippen LogP contribution in [0.4, 0.5) is 5.82 Å². The van der Waals surface area contributed by atoms with E-state index in [1.807, 2.05) is 30.3 Å². The first-order chi connectivity index (χ1) is 11.7. The van der Waals surface area contributed by atoms with Crippen LogP contribution in [0.5, 0.6) is 0 Å². The number of piperazine rings is 1. The van der Waals surface area contributed by atoms with Gasteiger partial charge in [0.2, 0.25) is 0 Å². The molecule has 0 radical (unpaired) electrons. The van der Waals surface area contributed by atoms with Crippen LogP contribution in [0.2, 0.25) is 5.15 Å². The lowest BCUT2D eigenvalue weighted by atomic mass is 10.1. The van der Waals surface area contributed by atoms with Crippen molar-refractivity contribution in [2.24, 2.45) is 0 Å². The van der Waals surface area contributed by atoms with E-state index >= 15 is 0 Å². The molecule has 1 fully saturated rings. The van der Waals surface area contributed by atoms with Crippen molar-refractivity contribution in [2.45, 2.75) is 0 Å². The molecule has 122 valence electrons. The summed E-state index contributed by atoms with van der Waals surface area (Å²) >= 11 is 6.31. The van der Waals surface area contributed by atoms with E-state index in [9.17, 15) is 4.79 Å². The minimum atomic E-state index is -0.0656. The van der Waals surface area contributed by atoms with Gasteiger partial charge in [0.1, 0.15) is 11.0 Å². The van der Waals surface area contributed by atoms with E-state index in [2.05, 4.69) is 9.88 Å². The first kappa shape index (κ1) is 15.0. The molecule has 0 aliphatic carbocycles. The number of carbonyl (C=O) groups is 1. The maximum absolute atomic E-state index is 12.3. The van der Waals surface area contributed by atoms with Crippen molar-refractivity contribution in [1.82, 2.24) is 9.88 Å². The zero-order valence-corrected chi connectivity index (χ0v) is 13.7.